The largest absolute Gasteiger partial charge is 0.357 e. The lowest BCUT2D eigenvalue weighted by Crippen LogP contribution is -2.38. The Hall–Kier alpha value is -0.820. The maximum atomic E-state index is 4.82. The number of likely N-dealkylation sites (tertiary alicyclic amines) is 1. The minimum Gasteiger partial charge on any atom is -0.357 e. The predicted octanol–water partition coefficient (Wildman–Crippen LogP) is 3.13. The summed E-state index contributed by atoms with van der Waals surface area (Å²) < 4.78 is 0. The smallest absolute Gasteiger partial charge is 0.191 e. The quantitative estimate of drug-likeness (QED) is 0.359. The van der Waals surface area contributed by atoms with E-state index in [2.05, 4.69) is 52.8 Å². The highest BCUT2D eigenvalue weighted by Crippen LogP contribution is 2.27. The molecule has 0 spiro atoms. The van der Waals surface area contributed by atoms with Gasteiger partial charge in [-0.3, -0.25) is 4.99 Å². The van der Waals surface area contributed by atoms with Crippen LogP contribution in [0.1, 0.15) is 31.7 Å². The van der Waals surface area contributed by atoms with Gasteiger partial charge >= 0.3 is 0 Å². The zero-order valence-electron chi connectivity index (χ0n) is 15.4. The number of benzene rings is 1. The number of aliphatic imine (C=N–C) groups is 1. The standard InChI is InChI=1S/C20H32N4.HI/c1-2-21-20(22-14-18-8-9-18)23-15-19-11-13-24(16-19)12-10-17-6-4-3-5-7-17;/h3-7,18-19H,2,8-16H2,1H3,(H2,21,22,23);1H. The van der Waals surface area contributed by atoms with Gasteiger partial charge in [-0.05, 0) is 56.6 Å². The molecule has 0 bridgehead atoms. The minimum absolute atomic E-state index is 0. The average Bonchev–Trinajstić information content (AvgIpc) is 3.34. The first-order valence-electron chi connectivity index (χ1n) is 9.62. The van der Waals surface area contributed by atoms with Gasteiger partial charge in [-0.2, -0.15) is 0 Å². The fourth-order valence-electron chi connectivity index (χ4n) is 3.32. The molecule has 0 radical (unpaired) electrons. The zero-order valence-corrected chi connectivity index (χ0v) is 17.7. The first-order chi connectivity index (χ1) is 11.8. The van der Waals surface area contributed by atoms with E-state index < -0.39 is 0 Å². The zero-order chi connectivity index (χ0) is 16.6. The molecule has 2 aliphatic rings. The third-order valence-electron chi connectivity index (χ3n) is 5.04. The van der Waals surface area contributed by atoms with Gasteiger partial charge < -0.3 is 15.5 Å². The Labute approximate surface area is 169 Å². The van der Waals surface area contributed by atoms with Gasteiger partial charge in [0.05, 0.1) is 0 Å². The van der Waals surface area contributed by atoms with Crippen molar-refractivity contribution in [2.45, 2.75) is 32.6 Å². The van der Waals surface area contributed by atoms with Crippen LogP contribution in [0.25, 0.3) is 0 Å². The number of rotatable bonds is 8. The van der Waals surface area contributed by atoms with E-state index in [1.807, 2.05) is 0 Å². The summed E-state index contributed by atoms with van der Waals surface area (Å²) in [6, 6.07) is 10.8. The lowest BCUT2D eigenvalue weighted by molar-refractivity contribution is 0.329. The SMILES string of the molecule is CCNC(=NCC1CCN(CCc2ccccc2)C1)NCC1CC1.I. The van der Waals surface area contributed by atoms with Crippen LogP contribution >= 0.6 is 24.0 Å². The van der Waals surface area contributed by atoms with E-state index in [0.717, 1.165) is 37.9 Å². The highest BCUT2D eigenvalue weighted by Gasteiger charge is 2.23. The Bertz CT molecular complexity index is 516. The van der Waals surface area contributed by atoms with Gasteiger partial charge in [0.2, 0.25) is 0 Å². The van der Waals surface area contributed by atoms with E-state index in [1.54, 1.807) is 0 Å². The molecular weight excluding hydrogens is 423 g/mol. The van der Waals surface area contributed by atoms with Crippen LogP contribution in [0.2, 0.25) is 0 Å². The number of nitrogens with one attached hydrogen (secondary N) is 2. The van der Waals surface area contributed by atoms with Crippen molar-refractivity contribution in [3.05, 3.63) is 35.9 Å². The highest BCUT2D eigenvalue weighted by atomic mass is 127. The van der Waals surface area contributed by atoms with E-state index in [4.69, 9.17) is 4.99 Å². The summed E-state index contributed by atoms with van der Waals surface area (Å²) in [5.74, 6) is 2.60. The molecule has 4 nitrogen and oxygen atoms in total. The topological polar surface area (TPSA) is 39.7 Å². The summed E-state index contributed by atoms with van der Waals surface area (Å²) >= 11 is 0. The van der Waals surface area contributed by atoms with E-state index >= 15 is 0 Å². The summed E-state index contributed by atoms with van der Waals surface area (Å²) in [7, 11) is 0. The molecule has 1 aliphatic heterocycles. The van der Waals surface area contributed by atoms with Crippen LogP contribution in [0.4, 0.5) is 0 Å². The van der Waals surface area contributed by atoms with Crippen LogP contribution in [0.5, 0.6) is 0 Å². The molecule has 5 heteroatoms. The molecule has 25 heavy (non-hydrogen) atoms. The Morgan fingerprint density at radius 3 is 2.64 bits per heavy atom. The molecule has 1 aromatic rings. The van der Waals surface area contributed by atoms with Crippen molar-refractivity contribution in [3.63, 3.8) is 0 Å². The maximum absolute atomic E-state index is 4.82. The van der Waals surface area contributed by atoms with Crippen molar-refractivity contribution in [3.8, 4) is 0 Å². The van der Waals surface area contributed by atoms with Gasteiger partial charge in [0.25, 0.3) is 0 Å². The van der Waals surface area contributed by atoms with E-state index in [0.29, 0.717) is 5.92 Å². The molecule has 1 saturated carbocycles. The third-order valence-corrected chi connectivity index (χ3v) is 5.04. The van der Waals surface area contributed by atoms with Crippen molar-refractivity contribution in [2.75, 3.05) is 39.3 Å². The lowest BCUT2D eigenvalue weighted by atomic mass is 10.1. The second-order valence-corrected chi connectivity index (χ2v) is 7.23. The van der Waals surface area contributed by atoms with Gasteiger partial charge in [0, 0.05) is 32.7 Å². The van der Waals surface area contributed by atoms with Crippen LogP contribution in [0.15, 0.2) is 35.3 Å². The fraction of sp³-hybridized carbons (Fsp3) is 0.650. The summed E-state index contributed by atoms with van der Waals surface area (Å²) in [5, 5.41) is 6.86. The van der Waals surface area contributed by atoms with Crippen LogP contribution in [0.3, 0.4) is 0 Å². The highest BCUT2D eigenvalue weighted by molar-refractivity contribution is 14.0. The van der Waals surface area contributed by atoms with Crippen LogP contribution in [0, 0.1) is 11.8 Å². The first kappa shape index (κ1) is 20.5. The molecule has 1 atom stereocenters. The van der Waals surface area contributed by atoms with Gasteiger partial charge in [-0.1, -0.05) is 30.3 Å². The summed E-state index contributed by atoms with van der Waals surface area (Å²) in [6.45, 7) is 8.68. The number of hydrogen-bond donors (Lipinski definition) is 2. The van der Waals surface area contributed by atoms with Gasteiger partial charge in [-0.25, -0.2) is 0 Å². The molecule has 1 heterocycles. The van der Waals surface area contributed by atoms with E-state index in [1.165, 1.54) is 44.5 Å². The number of nitrogens with zero attached hydrogens (tertiary/aromatic N) is 2. The molecule has 2 fully saturated rings. The predicted molar refractivity (Wildman–Crippen MR) is 117 cm³/mol. The normalized spacial score (nSPS) is 21.0. The monoisotopic (exact) mass is 456 g/mol. The Morgan fingerprint density at radius 2 is 1.92 bits per heavy atom. The summed E-state index contributed by atoms with van der Waals surface area (Å²) in [6.07, 6.45) is 5.19. The number of halogens is 1. The second kappa shape index (κ2) is 11.0. The van der Waals surface area contributed by atoms with Crippen molar-refractivity contribution in [1.29, 1.82) is 0 Å². The number of guanidine groups is 1. The van der Waals surface area contributed by atoms with Gasteiger partial charge in [-0.15, -0.1) is 24.0 Å². The molecule has 1 aliphatic carbocycles. The van der Waals surface area contributed by atoms with E-state index in [9.17, 15) is 0 Å². The van der Waals surface area contributed by atoms with Crippen molar-refractivity contribution in [2.24, 2.45) is 16.8 Å². The lowest BCUT2D eigenvalue weighted by Gasteiger charge is -2.16. The molecule has 140 valence electrons. The minimum atomic E-state index is 0. The van der Waals surface area contributed by atoms with Crippen molar-refractivity contribution < 1.29 is 0 Å². The first-order valence-corrected chi connectivity index (χ1v) is 9.62. The Morgan fingerprint density at radius 1 is 1.12 bits per heavy atom. The average molecular weight is 456 g/mol. The Kier molecular flexibility index (Phi) is 9.03. The van der Waals surface area contributed by atoms with Gasteiger partial charge in [0.1, 0.15) is 0 Å². The van der Waals surface area contributed by atoms with Gasteiger partial charge in [0.15, 0.2) is 5.96 Å². The third kappa shape index (κ3) is 7.52. The summed E-state index contributed by atoms with van der Waals surface area (Å²) in [4.78, 5) is 7.41. The molecule has 0 amide bonds. The molecule has 2 N–H and O–H groups in total. The molecular formula is C20H33IN4. The maximum Gasteiger partial charge on any atom is 0.191 e. The van der Waals surface area contributed by atoms with Crippen molar-refractivity contribution >= 4 is 29.9 Å². The second-order valence-electron chi connectivity index (χ2n) is 7.23. The molecule has 1 aromatic carbocycles. The summed E-state index contributed by atoms with van der Waals surface area (Å²) in [5.41, 5.74) is 1.44. The molecule has 1 unspecified atom stereocenters. The molecule has 1 saturated heterocycles. The van der Waals surface area contributed by atoms with Crippen LogP contribution in [-0.4, -0.2) is 50.1 Å². The van der Waals surface area contributed by atoms with Crippen LogP contribution < -0.4 is 10.6 Å². The Balaban J connectivity index is 0.00000225. The van der Waals surface area contributed by atoms with Crippen molar-refractivity contribution in [1.82, 2.24) is 15.5 Å². The molecule has 0 aromatic heterocycles. The number of hydrogen-bond acceptors (Lipinski definition) is 2. The van der Waals surface area contributed by atoms with Crippen LogP contribution in [-0.2, 0) is 6.42 Å². The van der Waals surface area contributed by atoms with E-state index in [-0.39, 0.29) is 24.0 Å². The fourth-order valence-corrected chi connectivity index (χ4v) is 3.32. The molecule has 3 rings (SSSR count).